The van der Waals surface area contributed by atoms with Crippen LogP contribution in [0.5, 0.6) is 0 Å². The average molecular weight is 404 g/mol. The van der Waals surface area contributed by atoms with E-state index in [4.69, 9.17) is 5.73 Å². The van der Waals surface area contributed by atoms with Gasteiger partial charge in [-0.3, -0.25) is 9.69 Å². The first-order valence-corrected chi connectivity index (χ1v) is 10.2. The number of fused-ring (bicyclic) bond motifs is 1. The predicted molar refractivity (Wildman–Crippen MR) is 120 cm³/mol. The molecule has 0 radical (unpaired) electrons. The second-order valence-corrected chi connectivity index (χ2v) is 7.92. The van der Waals surface area contributed by atoms with E-state index in [0.29, 0.717) is 11.3 Å². The number of carbonyl (C=O) groups excluding carboxylic acids is 1. The van der Waals surface area contributed by atoms with E-state index in [0.717, 1.165) is 42.5 Å². The average Bonchev–Trinajstić information content (AvgIpc) is 2.74. The van der Waals surface area contributed by atoms with Gasteiger partial charge in [-0.1, -0.05) is 36.4 Å². The maximum atomic E-state index is 13.1. The molecule has 0 unspecified atom stereocenters. The lowest BCUT2D eigenvalue weighted by molar-refractivity contribution is 0.103. The molecule has 0 bridgehead atoms. The number of anilines is 1. The lowest BCUT2D eigenvalue weighted by atomic mass is 10.0. The number of hydrogen-bond acceptors (Lipinski definition) is 4. The van der Waals surface area contributed by atoms with Crippen molar-refractivity contribution < 1.29 is 9.18 Å². The number of ketones is 1. The third-order valence-electron chi connectivity index (χ3n) is 5.68. The summed E-state index contributed by atoms with van der Waals surface area (Å²) in [5.41, 5.74) is 8.27. The Morgan fingerprint density at radius 2 is 1.80 bits per heavy atom. The molecule has 0 aliphatic carbocycles. The number of benzene rings is 3. The van der Waals surface area contributed by atoms with Crippen LogP contribution < -0.4 is 5.73 Å². The van der Waals surface area contributed by atoms with Crippen LogP contribution >= 0.6 is 0 Å². The minimum Gasteiger partial charge on any atom is -0.398 e. The zero-order valence-corrected chi connectivity index (χ0v) is 17.1. The fourth-order valence-electron chi connectivity index (χ4n) is 3.98. The molecule has 0 saturated carbocycles. The molecule has 1 aliphatic rings. The molecule has 154 valence electrons. The molecule has 2 N–H and O–H groups in total. The van der Waals surface area contributed by atoms with Gasteiger partial charge in [-0.05, 0) is 47.5 Å². The zero-order chi connectivity index (χ0) is 21.1. The quantitative estimate of drug-likeness (QED) is 0.388. The van der Waals surface area contributed by atoms with Crippen LogP contribution in [0.15, 0.2) is 72.9 Å². The van der Waals surface area contributed by atoms with E-state index in [1.54, 1.807) is 6.08 Å². The van der Waals surface area contributed by atoms with Gasteiger partial charge in [-0.15, -0.1) is 0 Å². The lowest BCUT2D eigenvalue weighted by Gasteiger charge is -2.39. The smallest absolute Gasteiger partial charge is 0.189 e. The molecule has 0 spiro atoms. The second kappa shape index (κ2) is 8.67. The van der Waals surface area contributed by atoms with Crippen LogP contribution in [0, 0.1) is 5.82 Å². The van der Waals surface area contributed by atoms with Crippen LogP contribution in [-0.4, -0.2) is 41.3 Å². The Morgan fingerprint density at radius 1 is 1.10 bits per heavy atom. The number of piperazine rings is 1. The number of halogens is 1. The van der Waals surface area contributed by atoms with Gasteiger partial charge >= 0.3 is 0 Å². The minimum absolute atomic E-state index is 0.0841. The van der Waals surface area contributed by atoms with E-state index in [1.165, 1.54) is 12.1 Å². The Morgan fingerprint density at radius 3 is 2.50 bits per heavy atom. The zero-order valence-electron chi connectivity index (χ0n) is 17.1. The van der Waals surface area contributed by atoms with Gasteiger partial charge < -0.3 is 10.6 Å². The van der Waals surface area contributed by atoms with Crippen molar-refractivity contribution in [2.24, 2.45) is 0 Å². The summed E-state index contributed by atoms with van der Waals surface area (Å²) >= 11 is 0. The lowest BCUT2D eigenvalue weighted by Crippen LogP contribution is -2.49. The molecule has 1 atom stereocenters. The number of rotatable bonds is 5. The Bertz CT molecular complexity index is 1080. The molecule has 4 rings (SSSR count). The van der Waals surface area contributed by atoms with Gasteiger partial charge in [-0.2, -0.15) is 0 Å². The molecule has 3 aromatic rings. The summed E-state index contributed by atoms with van der Waals surface area (Å²) in [6, 6.07) is 18.5. The summed E-state index contributed by atoms with van der Waals surface area (Å²) in [7, 11) is 0. The largest absolute Gasteiger partial charge is 0.398 e. The molecule has 5 heteroatoms. The summed E-state index contributed by atoms with van der Waals surface area (Å²) < 4.78 is 13.1. The van der Waals surface area contributed by atoms with Gasteiger partial charge in [0.2, 0.25) is 0 Å². The molecule has 30 heavy (non-hydrogen) atoms. The topological polar surface area (TPSA) is 49.6 Å². The standard InChI is InChI=1S/C25H26FN3O/c1-18-16-28(17-19-6-8-22(26)9-7-19)12-13-29(18)11-10-25(30)23-14-20-4-2-3-5-21(20)15-24(23)27/h2-11,14-15,18H,12-13,16-17,27H2,1H3/t18-/m1/s1. The monoisotopic (exact) mass is 403 g/mol. The molecule has 1 heterocycles. The third-order valence-corrected chi connectivity index (χ3v) is 5.68. The summed E-state index contributed by atoms with van der Waals surface area (Å²) in [6.45, 7) is 5.55. The number of nitrogens with zero attached hydrogens (tertiary/aromatic N) is 2. The van der Waals surface area contributed by atoms with Crippen LogP contribution in [0.4, 0.5) is 10.1 Å². The maximum Gasteiger partial charge on any atom is 0.189 e. The molecule has 1 fully saturated rings. The highest BCUT2D eigenvalue weighted by Crippen LogP contribution is 2.23. The molecular weight excluding hydrogens is 377 g/mol. The van der Waals surface area contributed by atoms with Gasteiger partial charge in [0.25, 0.3) is 0 Å². The molecule has 4 nitrogen and oxygen atoms in total. The number of carbonyl (C=O) groups is 1. The summed E-state index contributed by atoms with van der Waals surface area (Å²) in [4.78, 5) is 17.3. The molecule has 1 aliphatic heterocycles. The van der Waals surface area contributed by atoms with Crippen LogP contribution in [0.2, 0.25) is 0 Å². The normalized spacial score (nSPS) is 17.7. The van der Waals surface area contributed by atoms with Crippen LogP contribution in [0.25, 0.3) is 10.8 Å². The SMILES string of the molecule is C[C@@H]1CN(Cc2ccc(F)cc2)CCN1C=CC(=O)c1cc2ccccc2cc1N. The highest BCUT2D eigenvalue weighted by atomic mass is 19.1. The fraction of sp³-hybridized carbons (Fsp3) is 0.240. The minimum atomic E-state index is -0.209. The van der Waals surface area contributed by atoms with Crippen LogP contribution in [-0.2, 0) is 6.54 Å². The first kappa shape index (κ1) is 20.1. The number of allylic oxidation sites excluding steroid dienone is 1. The highest BCUT2D eigenvalue weighted by molar-refractivity contribution is 6.10. The number of nitrogen functional groups attached to an aromatic ring is 1. The molecule has 0 aromatic heterocycles. The van der Waals surface area contributed by atoms with E-state index in [1.807, 2.05) is 54.7 Å². The van der Waals surface area contributed by atoms with Gasteiger partial charge in [0.05, 0.1) is 0 Å². The molecule has 3 aromatic carbocycles. The van der Waals surface area contributed by atoms with Crippen molar-refractivity contribution in [3.05, 3.63) is 89.9 Å². The van der Waals surface area contributed by atoms with E-state index < -0.39 is 0 Å². The molecule has 0 amide bonds. The molecular formula is C25H26FN3O. The first-order chi connectivity index (χ1) is 14.5. The summed E-state index contributed by atoms with van der Waals surface area (Å²) in [5.74, 6) is -0.294. The van der Waals surface area contributed by atoms with Crippen molar-refractivity contribution >= 4 is 22.2 Å². The van der Waals surface area contributed by atoms with Crippen molar-refractivity contribution in [1.82, 2.24) is 9.80 Å². The van der Waals surface area contributed by atoms with E-state index >= 15 is 0 Å². The first-order valence-electron chi connectivity index (χ1n) is 10.2. The van der Waals surface area contributed by atoms with Crippen molar-refractivity contribution in [3.8, 4) is 0 Å². The van der Waals surface area contributed by atoms with Gasteiger partial charge in [-0.25, -0.2) is 4.39 Å². The Kier molecular flexibility index (Phi) is 5.81. The Labute approximate surface area is 176 Å². The second-order valence-electron chi connectivity index (χ2n) is 7.92. The van der Waals surface area contributed by atoms with Gasteiger partial charge in [0.1, 0.15) is 5.82 Å². The summed E-state index contributed by atoms with van der Waals surface area (Å²) in [5, 5.41) is 2.03. The van der Waals surface area contributed by atoms with Gasteiger partial charge in [0.15, 0.2) is 5.78 Å². The molecule has 1 saturated heterocycles. The van der Waals surface area contributed by atoms with E-state index in [-0.39, 0.29) is 17.6 Å². The maximum absolute atomic E-state index is 13.1. The number of hydrogen-bond donors (Lipinski definition) is 1. The van der Waals surface area contributed by atoms with E-state index in [2.05, 4.69) is 16.7 Å². The van der Waals surface area contributed by atoms with Crippen molar-refractivity contribution in [1.29, 1.82) is 0 Å². The van der Waals surface area contributed by atoms with Gasteiger partial charge in [0, 0.05) is 55.7 Å². The van der Waals surface area contributed by atoms with Crippen LogP contribution in [0.1, 0.15) is 22.8 Å². The Balaban J connectivity index is 1.39. The fourth-order valence-corrected chi connectivity index (χ4v) is 3.98. The van der Waals surface area contributed by atoms with Crippen molar-refractivity contribution in [2.75, 3.05) is 25.4 Å². The summed E-state index contributed by atoms with van der Waals surface area (Å²) in [6.07, 6.45) is 3.50. The van der Waals surface area contributed by atoms with Crippen LogP contribution in [0.3, 0.4) is 0 Å². The Hall–Kier alpha value is -3.18. The third kappa shape index (κ3) is 4.52. The van der Waals surface area contributed by atoms with Crippen molar-refractivity contribution in [3.63, 3.8) is 0 Å². The highest BCUT2D eigenvalue weighted by Gasteiger charge is 2.21. The van der Waals surface area contributed by atoms with E-state index in [9.17, 15) is 9.18 Å². The number of nitrogens with two attached hydrogens (primary N) is 1. The predicted octanol–water partition coefficient (Wildman–Crippen LogP) is 4.46. The van der Waals surface area contributed by atoms with Crippen molar-refractivity contribution in [2.45, 2.75) is 19.5 Å².